The molecule has 0 aliphatic rings. The van der Waals surface area contributed by atoms with E-state index in [9.17, 15) is 0 Å². The number of fused-ring (bicyclic) bond motifs is 16. The van der Waals surface area contributed by atoms with Gasteiger partial charge in [-0.2, -0.15) is 0 Å². The molecule has 0 saturated carbocycles. The molecule has 4 aromatic heterocycles. The van der Waals surface area contributed by atoms with Gasteiger partial charge in [-0.15, -0.1) is 0 Å². The Labute approximate surface area is 348 Å². The summed E-state index contributed by atoms with van der Waals surface area (Å²) in [6.45, 7) is 0. The molecule has 4 heterocycles. The van der Waals surface area contributed by atoms with Gasteiger partial charge in [0.1, 0.15) is 0 Å². The van der Waals surface area contributed by atoms with Gasteiger partial charge >= 0.3 is 0 Å². The zero-order valence-electron chi connectivity index (χ0n) is 32.9. The molecule has 280 valence electrons. The predicted molar refractivity (Wildman–Crippen MR) is 259 cm³/mol. The zero-order chi connectivity index (χ0) is 39.5. The molecule has 0 spiro atoms. The van der Waals surface area contributed by atoms with E-state index in [4.69, 9.17) is 0 Å². The summed E-state index contributed by atoms with van der Waals surface area (Å²) in [5, 5.41) is 18.2. The van der Waals surface area contributed by atoms with Crippen LogP contribution in [-0.4, -0.2) is 13.5 Å². The number of benzene rings is 11. The fourth-order valence-corrected chi connectivity index (χ4v) is 11.5. The van der Waals surface area contributed by atoms with Gasteiger partial charge in [0, 0.05) is 54.5 Å². The van der Waals surface area contributed by atoms with Gasteiger partial charge in [-0.3, -0.25) is 0 Å². The van der Waals surface area contributed by atoms with Crippen molar-refractivity contribution >= 4 is 114 Å². The van der Waals surface area contributed by atoms with Gasteiger partial charge in [-0.1, -0.05) is 140 Å². The third-order valence-corrected chi connectivity index (χ3v) is 13.9. The molecular formula is C58H33N3. The van der Waals surface area contributed by atoms with Gasteiger partial charge in [-0.05, 0) is 104 Å². The van der Waals surface area contributed by atoms with Gasteiger partial charge < -0.3 is 13.5 Å². The van der Waals surface area contributed by atoms with E-state index in [1.54, 1.807) is 0 Å². The summed E-state index contributed by atoms with van der Waals surface area (Å²) in [5.74, 6) is 0. The van der Waals surface area contributed by atoms with Crippen molar-refractivity contribution in [1.29, 1.82) is 0 Å². The first-order chi connectivity index (χ1) is 30.3. The Morgan fingerprint density at radius 3 is 1.48 bits per heavy atom. The fraction of sp³-hybridized carbons (Fsp3) is 0. The summed E-state index contributed by atoms with van der Waals surface area (Å²) < 4.78 is 7.47. The normalized spacial score (nSPS) is 12.6. The SMILES string of the molecule is c1ccc(-n2c3ccccc3c3ccc4c5cc(-c6cc7c8cccc9c8c8c(ccc%10c%11ccccc%11n9c%108)c7c7ccccc67)ccc5n(-c5ccccc5)c4c32)cc1. The van der Waals surface area contributed by atoms with Crippen LogP contribution in [0.5, 0.6) is 0 Å². The van der Waals surface area contributed by atoms with E-state index in [1.165, 1.54) is 125 Å². The largest absolute Gasteiger partial charge is 0.308 e. The van der Waals surface area contributed by atoms with E-state index >= 15 is 0 Å². The molecule has 0 amide bonds. The predicted octanol–water partition coefficient (Wildman–Crippen LogP) is 15.6. The Morgan fingerprint density at radius 2 is 0.754 bits per heavy atom. The maximum Gasteiger partial charge on any atom is 0.0788 e. The lowest BCUT2D eigenvalue weighted by Gasteiger charge is -2.16. The van der Waals surface area contributed by atoms with Crippen LogP contribution in [-0.2, 0) is 0 Å². The summed E-state index contributed by atoms with van der Waals surface area (Å²) >= 11 is 0. The number of hydrogen-bond acceptors (Lipinski definition) is 0. The molecule has 3 nitrogen and oxygen atoms in total. The Hall–Kier alpha value is -8.14. The minimum absolute atomic E-state index is 1.15. The van der Waals surface area contributed by atoms with Crippen molar-refractivity contribution in [1.82, 2.24) is 13.5 Å². The summed E-state index contributed by atoms with van der Waals surface area (Å²) in [6, 6.07) is 74.5. The van der Waals surface area contributed by atoms with Crippen LogP contribution in [0.4, 0.5) is 0 Å². The molecule has 0 saturated heterocycles. The quantitative estimate of drug-likeness (QED) is 0.159. The third kappa shape index (κ3) is 3.90. The molecule has 0 radical (unpaired) electrons. The highest BCUT2D eigenvalue weighted by Crippen LogP contribution is 2.50. The van der Waals surface area contributed by atoms with Gasteiger partial charge in [0.25, 0.3) is 0 Å². The molecule has 0 unspecified atom stereocenters. The van der Waals surface area contributed by atoms with Crippen molar-refractivity contribution in [3.63, 3.8) is 0 Å². The molecule has 0 atom stereocenters. The summed E-state index contributed by atoms with van der Waals surface area (Å²) in [6.07, 6.45) is 0. The first kappa shape index (κ1) is 31.8. The molecule has 0 aliphatic heterocycles. The van der Waals surface area contributed by atoms with E-state index in [-0.39, 0.29) is 0 Å². The van der Waals surface area contributed by atoms with E-state index in [2.05, 4.69) is 214 Å². The summed E-state index contributed by atoms with van der Waals surface area (Å²) in [7, 11) is 0. The molecular weight excluding hydrogens is 739 g/mol. The second-order valence-corrected chi connectivity index (χ2v) is 16.8. The van der Waals surface area contributed by atoms with Crippen LogP contribution in [0.15, 0.2) is 200 Å². The van der Waals surface area contributed by atoms with Crippen molar-refractivity contribution in [3.8, 4) is 22.5 Å². The molecule has 61 heavy (non-hydrogen) atoms. The first-order valence-corrected chi connectivity index (χ1v) is 21.2. The monoisotopic (exact) mass is 771 g/mol. The molecule has 0 N–H and O–H groups in total. The van der Waals surface area contributed by atoms with Gasteiger partial charge in [0.05, 0.1) is 38.6 Å². The Balaban J connectivity index is 1.08. The average molecular weight is 772 g/mol. The van der Waals surface area contributed by atoms with E-state index in [1.807, 2.05) is 0 Å². The minimum atomic E-state index is 1.15. The Bertz CT molecular complexity index is 4320. The lowest BCUT2D eigenvalue weighted by atomic mass is 9.87. The van der Waals surface area contributed by atoms with Crippen molar-refractivity contribution < 1.29 is 0 Å². The van der Waals surface area contributed by atoms with Gasteiger partial charge in [0.15, 0.2) is 0 Å². The van der Waals surface area contributed by atoms with Crippen LogP contribution >= 0.6 is 0 Å². The number of hydrogen-bond donors (Lipinski definition) is 0. The summed E-state index contributed by atoms with van der Waals surface area (Å²) in [4.78, 5) is 0. The van der Waals surface area contributed by atoms with Crippen molar-refractivity contribution in [2.24, 2.45) is 0 Å². The number of para-hydroxylation sites is 4. The van der Waals surface area contributed by atoms with Gasteiger partial charge in [-0.25, -0.2) is 0 Å². The second kappa shape index (κ2) is 11.3. The van der Waals surface area contributed by atoms with Crippen LogP contribution in [0.2, 0.25) is 0 Å². The van der Waals surface area contributed by atoms with E-state index < -0.39 is 0 Å². The minimum Gasteiger partial charge on any atom is -0.308 e. The number of nitrogens with zero attached hydrogens (tertiary/aromatic N) is 3. The average Bonchev–Trinajstić information content (AvgIpc) is 4.06. The zero-order valence-corrected chi connectivity index (χ0v) is 32.9. The number of rotatable bonds is 3. The number of aromatic nitrogens is 3. The van der Waals surface area contributed by atoms with Crippen molar-refractivity contribution in [3.05, 3.63) is 200 Å². The second-order valence-electron chi connectivity index (χ2n) is 16.8. The first-order valence-electron chi connectivity index (χ1n) is 21.2. The Morgan fingerprint density at radius 1 is 0.246 bits per heavy atom. The lowest BCUT2D eigenvalue weighted by Crippen LogP contribution is -1.98. The third-order valence-electron chi connectivity index (χ3n) is 13.9. The molecule has 3 heteroatoms. The lowest BCUT2D eigenvalue weighted by molar-refractivity contribution is 1.15. The van der Waals surface area contributed by atoms with Crippen molar-refractivity contribution in [2.75, 3.05) is 0 Å². The standard InChI is InChI=1S/C58H33N3/c1-3-14-35(15-4-1)59-49-23-11-9-20-39(49)43-27-28-44-47-32-34(26-31-51(47)60(58(44)57(43)59)36-16-5-2-6-17-36)46-33-48-41-22-13-25-52-54(41)55-45(53(48)40-21-8-7-18-37(40)46)30-29-42-38-19-10-12-24-50(38)61(52)56(42)55/h1-33H. The van der Waals surface area contributed by atoms with Gasteiger partial charge in [0.2, 0.25) is 0 Å². The van der Waals surface area contributed by atoms with Crippen LogP contribution in [0, 0.1) is 0 Å². The molecule has 15 rings (SSSR count). The molecule has 0 aliphatic carbocycles. The molecule has 0 bridgehead atoms. The van der Waals surface area contributed by atoms with Crippen LogP contribution in [0.25, 0.3) is 137 Å². The van der Waals surface area contributed by atoms with E-state index in [0.29, 0.717) is 0 Å². The summed E-state index contributed by atoms with van der Waals surface area (Å²) in [5.41, 5.74) is 13.5. The van der Waals surface area contributed by atoms with Crippen LogP contribution in [0.3, 0.4) is 0 Å². The molecule has 15 aromatic rings. The highest BCUT2D eigenvalue weighted by molar-refractivity contribution is 6.42. The topological polar surface area (TPSA) is 14.3 Å². The van der Waals surface area contributed by atoms with Crippen LogP contribution in [0.1, 0.15) is 0 Å². The fourth-order valence-electron chi connectivity index (χ4n) is 11.5. The highest BCUT2D eigenvalue weighted by atomic mass is 15.0. The smallest absolute Gasteiger partial charge is 0.0788 e. The molecule has 0 fully saturated rings. The van der Waals surface area contributed by atoms with E-state index in [0.717, 1.165) is 11.4 Å². The molecule has 11 aromatic carbocycles. The Kier molecular flexibility index (Phi) is 5.90. The maximum absolute atomic E-state index is 2.52. The highest BCUT2D eigenvalue weighted by Gasteiger charge is 2.25. The van der Waals surface area contributed by atoms with Crippen LogP contribution < -0.4 is 0 Å². The maximum atomic E-state index is 2.52. The van der Waals surface area contributed by atoms with Crippen molar-refractivity contribution in [2.45, 2.75) is 0 Å².